The van der Waals surface area contributed by atoms with E-state index in [0.29, 0.717) is 6.42 Å². The van der Waals surface area contributed by atoms with Gasteiger partial charge in [0.2, 0.25) is 5.91 Å². The van der Waals surface area contributed by atoms with Crippen molar-refractivity contribution in [3.05, 3.63) is 35.9 Å². The number of carbonyl (C=O) groups excluding carboxylic acids is 1. The predicted octanol–water partition coefficient (Wildman–Crippen LogP) is 3.16. The summed E-state index contributed by atoms with van der Waals surface area (Å²) in [6.07, 6.45) is 1.19. The first-order valence-corrected chi connectivity index (χ1v) is 7.84. The minimum Gasteiger partial charge on any atom is -0.378 e. The van der Waals surface area contributed by atoms with Crippen molar-refractivity contribution < 1.29 is 9.53 Å². The lowest BCUT2D eigenvalue weighted by Crippen LogP contribution is -2.68. The highest BCUT2D eigenvalue weighted by Gasteiger charge is 2.59. The van der Waals surface area contributed by atoms with Gasteiger partial charge in [-0.25, -0.2) is 0 Å². The summed E-state index contributed by atoms with van der Waals surface area (Å²) in [5.41, 5.74) is 6.93. The molecule has 2 rings (SSSR count). The van der Waals surface area contributed by atoms with Crippen molar-refractivity contribution in [3.8, 4) is 0 Å². The lowest BCUT2D eigenvalue weighted by molar-refractivity contribution is -0.207. The molecule has 3 unspecified atom stereocenters. The zero-order valence-corrected chi connectivity index (χ0v) is 15.5. The molecule has 1 aliphatic rings. The molecule has 23 heavy (non-hydrogen) atoms. The van der Waals surface area contributed by atoms with Crippen LogP contribution in [-0.4, -0.2) is 36.6 Å². The van der Waals surface area contributed by atoms with Crippen LogP contribution in [0.1, 0.15) is 45.2 Å². The third-order valence-electron chi connectivity index (χ3n) is 5.71. The maximum absolute atomic E-state index is 12.6. The number of amides is 1. The van der Waals surface area contributed by atoms with Gasteiger partial charge in [0.1, 0.15) is 0 Å². The van der Waals surface area contributed by atoms with Gasteiger partial charge >= 0.3 is 0 Å². The quantitative estimate of drug-likeness (QED) is 0.895. The fourth-order valence-electron chi connectivity index (χ4n) is 3.40. The molecule has 4 nitrogen and oxygen atoms in total. The van der Waals surface area contributed by atoms with Crippen LogP contribution < -0.4 is 5.73 Å². The van der Waals surface area contributed by atoms with E-state index in [9.17, 15) is 4.79 Å². The van der Waals surface area contributed by atoms with Gasteiger partial charge in [0.25, 0.3) is 0 Å². The molecule has 0 heterocycles. The molecule has 0 aliphatic heterocycles. The standard InChI is InChI=1S/C18H28N2O2.ClH/c1-17(2)15(12-18(17,3)22-5)20(4)16(21)11-14(19)13-9-7-6-8-10-13;/h6-10,14-15H,11-12,19H2,1-5H3;1H. The van der Waals surface area contributed by atoms with Gasteiger partial charge in [0, 0.05) is 38.1 Å². The normalized spacial score (nSPS) is 26.6. The van der Waals surface area contributed by atoms with Crippen LogP contribution in [0.2, 0.25) is 0 Å². The second-order valence-electron chi connectivity index (χ2n) is 7.10. The van der Waals surface area contributed by atoms with Crippen molar-refractivity contribution in [3.63, 3.8) is 0 Å². The monoisotopic (exact) mass is 340 g/mol. The number of hydrogen-bond donors (Lipinski definition) is 1. The molecule has 1 aromatic rings. The van der Waals surface area contributed by atoms with Crippen molar-refractivity contribution in [2.45, 2.75) is 51.3 Å². The number of carbonyl (C=O) groups is 1. The SMILES string of the molecule is COC1(C)CC(N(C)C(=O)CC(N)c2ccccc2)C1(C)C.Cl. The second kappa shape index (κ2) is 7.20. The highest BCUT2D eigenvalue weighted by Crippen LogP contribution is 2.53. The van der Waals surface area contributed by atoms with Crippen molar-refractivity contribution in [2.75, 3.05) is 14.2 Å². The lowest BCUT2D eigenvalue weighted by Gasteiger charge is -2.61. The van der Waals surface area contributed by atoms with E-state index in [2.05, 4.69) is 20.8 Å². The van der Waals surface area contributed by atoms with E-state index < -0.39 is 0 Å². The topological polar surface area (TPSA) is 55.6 Å². The number of methoxy groups -OCH3 is 1. The maximum atomic E-state index is 12.6. The Hall–Kier alpha value is -1.10. The van der Waals surface area contributed by atoms with Crippen LogP contribution in [0, 0.1) is 5.41 Å². The number of ether oxygens (including phenoxy) is 1. The Labute approximate surface area is 145 Å². The van der Waals surface area contributed by atoms with E-state index in [1.54, 1.807) is 7.11 Å². The summed E-state index contributed by atoms with van der Waals surface area (Å²) in [6.45, 7) is 6.43. The molecule has 1 aromatic carbocycles. The smallest absolute Gasteiger partial charge is 0.224 e. The molecule has 1 aliphatic carbocycles. The summed E-state index contributed by atoms with van der Waals surface area (Å²) < 4.78 is 5.64. The summed E-state index contributed by atoms with van der Waals surface area (Å²) in [5.74, 6) is 0.0904. The zero-order chi connectivity index (χ0) is 16.5. The van der Waals surface area contributed by atoms with Crippen LogP contribution in [0.15, 0.2) is 30.3 Å². The Kier molecular flexibility index (Phi) is 6.25. The molecule has 2 N–H and O–H groups in total. The molecule has 3 atom stereocenters. The van der Waals surface area contributed by atoms with E-state index in [1.165, 1.54) is 0 Å². The fraction of sp³-hybridized carbons (Fsp3) is 0.611. The Morgan fingerprint density at radius 3 is 2.39 bits per heavy atom. The van der Waals surface area contributed by atoms with E-state index >= 15 is 0 Å². The molecular formula is C18H29ClN2O2. The Bertz CT molecular complexity index is 535. The molecule has 0 spiro atoms. The van der Waals surface area contributed by atoms with Crippen molar-refractivity contribution in [1.29, 1.82) is 0 Å². The summed E-state index contributed by atoms with van der Waals surface area (Å²) in [7, 11) is 3.62. The summed E-state index contributed by atoms with van der Waals surface area (Å²) >= 11 is 0. The van der Waals surface area contributed by atoms with Crippen LogP contribution in [0.25, 0.3) is 0 Å². The van der Waals surface area contributed by atoms with Crippen LogP contribution in [-0.2, 0) is 9.53 Å². The average Bonchev–Trinajstić information content (AvgIpc) is 2.52. The molecule has 130 valence electrons. The number of nitrogens with two attached hydrogens (primary N) is 1. The molecule has 5 heteroatoms. The van der Waals surface area contributed by atoms with Crippen molar-refractivity contribution in [2.24, 2.45) is 11.1 Å². The molecule has 1 fully saturated rings. The van der Waals surface area contributed by atoms with Gasteiger partial charge in [-0.1, -0.05) is 44.2 Å². The third-order valence-corrected chi connectivity index (χ3v) is 5.71. The fourth-order valence-corrected chi connectivity index (χ4v) is 3.40. The first kappa shape index (κ1) is 19.9. The van der Waals surface area contributed by atoms with E-state index in [0.717, 1.165) is 12.0 Å². The minimum absolute atomic E-state index is 0. The van der Waals surface area contributed by atoms with Gasteiger partial charge in [0.15, 0.2) is 0 Å². The van der Waals surface area contributed by atoms with E-state index in [1.807, 2.05) is 42.3 Å². The zero-order valence-electron chi connectivity index (χ0n) is 14.7. The van der Waals surface area contributed by atoms with Gasteiger partial charge in [-0.3, -0.25) is 4.79 Å². The Morgan fingerprint density at radius 1 is 1.35 bits per heavy atom. The molecule has 0 aromatic heterocycles. The van der Waals surface area contributed by atoms with Gasteiger partial charge < -0.3 is 15.4 Å². The van der Waals surface area contributed by atoms with Crippen molar-refractivity contribution in [1.82, 2.24) is 4.90 Å². The largest absolute Gasteiger partial charge is 0.378 e. The summed E-state index contributed by atoms with van der Waals surface area (Å²) in [4.78, 5) is 14.4. The number of nitrogens with zero attached hydrogens (tertiary/aromatic N) is 1. The highest BCUT2D eigenvalue weighted by molar-refractivity contribution is 5.85. The number of benzene rings is 1. The molecule has 1 saturated carbocycles. The van der Waals surface area contributed by atoms with Crippen LogP contribution in [0.5, 0.6) is 0 Å². The molecule has 1 amide bonds. The van der Waals surface area contributed by atoms with E-state index in [4.69, 9.17) is 10.5 Å². The molecule has 0 saturated heterocycles. The summed E-state index contributed by atoms with van der Waals surface area (Å²) in [5, 5.41) is 0. The minimum atomic E-state index is -0.256. The Morgan fingerprint density at radius 2 is 1.91 bits per heavy atom. The number of hydrogen-bond acceptors (Lipinski definition) is 3. The van der Waals surface area contributed by atoms with E-state index in [-0.39, 0.29) is 41.4 Å². The highest BCUT2D eigenvalue weighted by atomic mass is 35.5. The Balaban J connectivity index is 0.00000264. The first-order chi connectivity index (χ1) is 10.2. The molecule has 0 bridgehead atoms. The van der Waals surface area contributed by atoms with Gasteiger partial charge in [-0.2, -0.15) is 0 Å². The third kappa shape index (κ3) is 3.54. The number of halogens is 1. The maximum Gasteiger partial charge on any atom is 0.224 e. The second-order valence-corrected chi connectivity index (χ2v) is 7.10. The predicted molar refractivity (Wildman–Crippen MR) is 95.6 cm³/mol. The van der Waals surface area contributed by atoms with Gasteiger partial charge in [-0.15, -0.1) is 12.4 Å². The van der Waals surface area contributed by atoms with Crippen LogP contribution >= 0.6 is 12.4 Å². The summed E-state index contributed by atoms with van der Waals surface area (Å²) in [6, 6.07) is 9.71. The van der Waals surface area contributed by atoms with Gasteiger partial charge in [0.05, 0.1) is 5.60 Å². The first-order valence-electron chi connectivity index (χ1n) is 7.84. The van der Waals surface area contributed by atoms with Crippen LogP contribution in [0.4, 0.5) is 0 Å². The average molecular weight is 341 g/mol. The van der Waals surface area contributed by atoms with Gasteiger partial charge in [-0.05, 0) is 18.9 Å². The number of rotatable bonds is 5. The molecular weight excluding hydrogens is 312 g/mol. The van der Waals surface area contributed by atoms with Crippen LogP contribution in [0.3, 0.4) is 0 Å². The lowest BCUT2D eigenvalue weighted by atomic mass is 9.55. The van der Waals surface area contributed by atoms with Crippen molar-refractivity contribution >= 4 is 18.3 Å². The molecule has 0 radical (unpaired) electrons.